The van der Waals surface area contributed by atoms with Crippen LogP contribution in [-0.4, -0.2) is 32.3 Å². The van der Waals surface area contributed by atoms with Gasteiger partial charge in [0.2, 0.25) is 0 Å². The zero-order valence-corrected chi connectivity index (χ0v) is 18.8. The van der Waals surface area contributed by atoms with Gasteiger partial charge in [0.1, 0.15) is 11.4 Å². The maximum atomic E-state index is 13.8. The van der Waals surface area contributed by atoms with Gasteiger partial charge in [-0.05, 0) is 63.1 Å². The molecule has 3 heterocycles. The van der Waals surface area contributed by atoms with Gasteiger partial charge in [0.25, 0.3) is 5.91 Å². The molecule has 0 saturated carbocycles. The van der Waals surface area contributed by atoms with Gasteiger partial charge in [-0.3, -0.25) is 14.4 Å². The Morgan fingerprint density at radius 2 is 1.94 bits per heavy atom. The molecule has 2 aromatic carbocycles. The van der Waals surface area contributed by atoms with Gasteiger partial charge in [0.05, 0.1) is 35.7 Å². The predicted molar refractivity (Wildman–Crippen MR) is 124 cm³/mol. The van der Waals surface area contributed by atoms with E-state index in [1.807, 2.05) is 72.8 Å². The number of fused-ring (bicyclic) bond motifs is 2. The molecule has 0 saturated heterocycles. The van der Waals surface area contributed by atoms with E-state index in [0.717, 1.165) is 45.7 Å². The Hall–Kier alpha value is -3.61. The number of rotatable bonds is 6. The molecule has 32 heavy (non-hydrogen) atoms. The third-order valence-corrected chi connectivity index (χ3v) is 5.92. The van der Waals surface area contributed by atoms with E-state index >= 15 is 0 Å². The topological polar surface area (TPSA) is 76.0 Å². The molecule has 1 aliphatic rings. The Labute approximate surface area is 187 Å². The number of aromatic nitrogens is 4. The molecule has 0 radical (unpaired) electrons. The van der Waals surface area contributed by atoms with Crippen LogP contribution in [0.1, 0.15) is 66.6 Å². The van der Waals surface area contributed by atoms with E-state index in [0.29, 0.717) is 12.3 Å². The molecule has 1 aliphatic heterocycles. The minimum absolute atomic E-state index is 0.0375. The number of nitrogens with one attached hydrogen (secondary N) is 1. The Kier molecular flexibility index (Phi) is 4.96. The number of hydrogen-bond donors (Lipinski definition) is 1. The number of imidazole rings is 1. The summed E-state index contributed by atoms with van der Waals surface area (Å²) >= 11 is 0. The van der Waals surface area contributed by atoms with E-state index in [2.05, 4.69) is 16.9 Å². The zero-order valence-electron chi connectivity index (χ0n) is 18.8. The number of aryl methyl sites for hydroxylation is 1. The van der Waals surface area contributed by atoms with Crippen LogP contribution in [0.4, 0.5) is 5.69 Å². The van der Waals surface area contributed by atoms with Gasteiger partial charge >= 0.3 is 0 Å². The number of H-pyrrole nitrogens is 1. The highest BCUT2D eigenvalue weighted by Gasteiger charge is 2.44. The quantitative estimate of drug-likeness (QED) is 0.458. The first-order chi connectivity index (χ1) is 15.5. The molecule has 7 nitrogen and oxygen atoms in total. The molecule has 0 bridgehead atoms. The van der Waals surface area contributed by atoms with Crippen molar-refractivity contribution in [1.29, 1.82) is 0 Å². The van der Waals surface area contributed by atoms with E-state index < -0.39 is 0 Å². The van der Waals surface area contributed by atoms with Crippen molar-refractivity contribution in [3.63, 3.8) is 0 Å². The molecule has 7 heteroatoms. The minimum atomic E-state index is -0.259. The Bertz CT molecular complexity index is 1290. The molecule has 2 aromatic heterocycles. The highest BCUT2D eigenvalue weighted by Crippen LogP contribution is 2.44. The SMILES string of the molecule is CCCOc1ccc(C2c3c(C)nn(C(C)C)c3C(=O)N2c2ccc3nc[nH]c3c2)cc1. The Morgan fingerprint density at radius 1 is 1.16 bits per heavy atom. The fourth-order valence-corrected chi connectivity index (χ4v) is 4.46. The van der Waals surface area contributed by atoms with E-state index in [4.69, 9.17) is 9.84 Å². The van der Waals surface area contributed by atoms with Gasteiger partial charge in [-0.25, -0.2) is 4.98 Å². The second-order valence-corrected chi connectivity index (χ2v) is 8.49. The smallest absolute Gasteiger partial charge is 0.277 e. The third kappa shape index (κ3) is 3.16. The molecular formula is C25H27N5O2. The first-order valence-corrected chi connectivity index (χ1v) is 11.1. The lowest BCUT2D eigenvalue weighted by Gasteiger charge is -2.26. The average Bonchev–Trinajstić information content (AvgIpc) is 3.47. The summed E-state index contributed by atoms with van der Waals surface area (Å²) in [5, 5.41) is 4.71. The van der Waals surface area contributed by atoms with Crippen LogP contribution in [-0.2, 0) is 0 Å². The fourth-order valence-electron chi connectivity index (χ4n) is 4.46. The molecule has 1 N–H and O–H groups in total. The van der Waals surface area contributed by atoms with E-state index in [9.17, 15) is 4.79 Å². The van der Waals surface area contributed by atoms with Crippen LogP contribution >= 0.6 is 0 Å². The lowest BCUT2D eigenvalue weighted by atomic mass is 9.98. The van der Waals surface area contributed by atoms with Gasteiger partial charge < -0.3 is 9.72 Å². The highest BCUT2D eigenvalue weighted by atomic mass is 16.5. The van der Waals surface area contributed by atoms with Crippen molar-refractivity contribution in [2.24, 2.45) is 0 Å². The molecule has 1 unspecified atom stereocenters. The van der Waals surface area contributed by atoms with Crippen molar-refractivity contribution in [2.75, 3.05) is 11.5 Å². The third-order valence-electron chi connectivity index (χ3n) is 5.92. The van der Waals surface area contributed by atoms with Crippen LogP contribution in [0.25, 0.3) is 11.0 Å². The number of benzene rings is 2. The van der Waals surface area contributed by atoms with Gasteiger partial charge in [-0.1, -0.05) is 19.1 Å². The molecule has 4 aromatic rings. The number of amides is 1. The summed E-state index contributed by atoms with van der Waals surface area (Å²) in [5.74, 6) is 0.796. The van der Waals surface area contributed by atoms with Gasteiger partial charge in [0.15, 0.2) is 0 Å². The number of carbonyl (C=O) groups excluding carboxylic acids is 1. The van der Waals surface area contributed by atoms with Crippen molar-refractivity contribution in [1.82, 2.24) is 19.7 Å². The van der Waals surface area contributed by atoms with Gasteiger partial charge in [0, 0.05) is 17.3 Å². The molecule has 1 atom stereocenters. The van der Waals surface area contributed by atoms with Crippen molar-refractivity contribution in [2.45, 2.75) is 46.2 Å². The second-order valence-electron chi connectivity index (χ2n) is 8.49. The predicted octanol–water partition coefficient (Wildman–Crippen LogP) is 5.19. The maximum Gasteiger partial charge on any atom is 0.277 e. The second kappa shape index (κ2) is 7.82. The zero-order chi connectivity index (χ0) is 22.4. The molecule has 0 spiro atoms. The van der Waals surface area contributed by atoms with Gasteiger partial charge in [-0.15, -0.1) is 0 Å². The van der Waals surface area contributed by atoms with Crippen molar-refractivity contribution >= 4 is 22.6 Å². The van der Waals surface area contributed by atoms with Crippen LogP contribution in [0.2, 0.25) is 0 Å². The van der Waals surface area contributed by atoms with Crippen LogP contribution in [0, 0.1) is 6.92 Å². The van der Waals surface area contributed by atoms with Crippen LogP contribution in [0.5, 0.6) is 5.75 Å². The summed E-state index contributed by atoms with van der Waals surface area (Å²) in [6.45, 7) is 8.85. The largest absolute Gasteiger partial charge is 0.494 e. The summed E-state index contributed by atoms with van der Waals surface area (Å²) in [6.07, 6.45) is 2.63. The molecular weight excluding hydrogens is 402 g/mol. The van der Waals surface area contributed by atoms with Crippen molar-refractivity contribution < 1.29 is 9.53 Å². The first kappa shape index (κ1) is 20.3. The fraction of sp³-hybridized carbons (Fsp3) is 0.320. The normalized spacial score (nSPS) is 15.7. The number of ether oxygens (including phenoxy) is 1. The van der Waals surface area contributed by atoms with Gasteiger partial charge in [-0.2, -0.15) is 5.10 Å². The van der Waals surface area contributed by atoms with E-state index in [-0.39, 0.29) is 18.0 Å². The molecule has 164 valence electrons. The number of nitrogens with zero attached hydrogens (tertiary/aromatic N) is 4. The Balaban J connectivity index is 1.65. The first-order valence-electron chi connectivity index (χ1n) is 11.1. The number of hydrogen-bond acceptors (Lipinski definition) is 4. The lowest BCUT2D eigenvalue weighted by molar-refractivity contribution is 0.0982. The average molecular weight is 430 g/mol. The summed E-state index contributed by atoms with van der Waals surface area (Å²) in [4.78, 5) is 23.2. The number of aromatic amines is 1. The summed E-state index contributed by atoms with van der Waals surface area (Å²) in [6, 6.07) is 13.8. The van der Waals surface area contributed by atoms with Crippen LogP contribution < -0.4 is 9.64 Å². The molecule has 0 aliphatic carbocycles. The minimum Gasteiger partial charge on any atom is -0.494 e. The monoisotopic (exact) mass is 429 g/mol. The van der Waals surface area contributed by atoms with E-state index in [1.54, 1.807) is 6.33 Å². The maximum absolute atomic E-state index is 13.8. The Morgan fingerprint density at radius 3 is 2.66 bits per heavy atom. The van der Waals surface area contributed by atoms with Crippen LogP contribution in [0.15, 0.2) is 48.8 Å². The number of carbonyl (C=O) groups is 1. The summed E-state index contributed by atoms with van der Waals surface area (Å²) in [7, 11) is 0. The highest BCUT2D eigenvalue weighted by molar-refractivity contribution is 6.11. The summed E-state index contributed by atoms with van der Waals surface area (Å²) in [5.41, 5.74) is 6.13. The molecule has 5 rings (SSSR count). The van der Waals surface area contributed by atoms with Crippen molar-refractivity contribution in [3.05, 3.63) is 71.3 Å². The van der Waals surface area contributed by atoms with Crippen molar-refractivity contribution in [3.8, 4) is 5.75 Å². The van der Waals surface area contributed by atoms with Crippen LogP contribution in [0.3, 0.4) is 0 Å². The lowest BCUT2D eigenvalue weighted by Crippen LogP contribution is -2.30. The molecule has 0 fully saturated rings. The number of anilines is 1. The van der Waals surface area contributed by atoms with E-state index in [1.165, 1.54) is 0 Å². The summed E-state index contributed by atoms with van der Waals surface area (Å²) < 4.78 is 7.62. The molecule has 1 amide bonds. The standard InChI is InChI=1S/C25H27N5O2/c1-5-12-32-19-9-6-17(7-10-19)23-22-16(4)28-30(15(2)3)24(22)25(31)29(23)18-8-11-20-21(13-18)27-14-26-20/h6-11,13-15,23H,5,12H2,1-4H3,(H,26,27).